The molecule has 0 heterocycles. The van der Waals surface area contributed by atoms with Crippen molar-refractivity contribution in [3.63, 3.8) is 0 Å². The molecule has 0 aliphatic heterocycles. The zero-order valence-electron chi connectivity index (χ0n) is 10.2. The number of halogens is 2. The molecular formula is C12H14BrFN2O3. The SMILES string of the molecule is CCCC(NC(=O)Nc1cc(Br)ccc1F)C(=O)O. The van der Waals surface area contributed by atoms with Gasteiger partial charge in [-0.15, -0.1) is 0 Å². The molecule has 0 saturated heterocycles. The Morgan fingerprint density at radius 3 is 2.74 bits per heavy atom. The number of carboxylic acid groups (broad SMARTS) is 1. The fourth-order valence-electron chi connectivity index (χ4n) is 1.46. The van der Waals surface area contributed by atoms with Gasteiger partial charge < -0.3 is 15.7 Å². The van der Waals surface area contributed by atoms with Crippen LogP contribution in [0.5, 0.6) is 0 Å². The first-order chi connectivity index (χ1) is 8.93. The average molecular weight is 333 g/mol. The molecule has 7 heteroatoms. The van der Waals surface area contributed by atoms with Crippen LogP contribution in [0.3, 0.4) is 0 Å². The Labute approximate surface area is 118 Å². The molecule has 5 nitrogen and oxygen atoms in total. The zero-order valence-corrected chi connectivity index (χ0v) is 11.8. The molecule has 0 aromatic heterocycles. The molecular weight excluding hydrogens is 319 g/mol. The summed E-state index contributed by atoms with van der Waals surface area (Å²) in [6.45, 7) is 1.81. The monoisotopic (exact) mass is 332 g/mol. The lowest BCUT2D eigenvalue weighted by molar-refractivity contribution is -0.139. The number of amides is 2. The van der Waals surface area contributed by atoms with Crippen LogP contribution in [0.2, 0.25) is 0 Å². The van der Waals surface area contributed by atoms with Gasteiger partial charge in [-0.25, -0.2) is 14.0 Å². The van der Waals surface area contributed by atoms with Gasteiger partial charge in [-0.05, 0) is 24.6 Å². The van der Waals surface area contributed by atoms with Gasteiger partial charge in [0, 0.05) is 4.47 Å². The molecule has 1 aromatic rings. The number of anilines is 1. The minimum atomic E-state index is -1.12. The quantitative estimate of drug-likeness (QED) is 0.775. The molecule has 3 N–H and O–H groups in total. The molecule has 0 radical (unpaired) electrons. The second-order valence-electron chi connectivity index (χ2n) is 3.90. The maximum atomic E-state index is 13.4. The maximum absolute atomic E-state index is 13.4. The standard InChI is InChI=1S/C12H14BrFN2O3/c1-2-3-9(11(17)18)15-12(19)16-10-6-7(13)4-5-8(10)14/h4-6,9H,2-3H2,1H3,(H,17,18)(H2,15,16,19). The number of nitrogens with one attached hydrogen (secondary N) is 2. The number of carbonyl (C=O) groups is 2. The Bertz CT molecular complexity index is 482. The van der Waals surface area contributed by atoms with E-state index < -0.39 is 23.9 Å². The summed E-state index contributed by atoms with van der Waals surface area (Å²) in [5, 5.41) is 13.5. The van der Waals surface area contributed by atoms with Crippen molar-refractivity contribution in [2.75, 3.05) is 5.32 Å². The van der Waals surface area contributed by atoms with E-state index in [0.29, 0.717) is 17.3 Å². The van der Waals surface area contributed by atoms with Crippen LogP contribution < -0.4 is 10.6 Å². The highest BCUT2D eigenvalue weighted by Crippen LogP contribution is 2.19. The molecule has 1 aromatic carbocycles. The second-order valence-corrected chi connectivity index (χ2v) is 4.82. The lowest BCUT2D eigenvalue weighted by atomic mass is 10.2. The second kappa shape index (κ2) is 7.08. The van der Waals surface area contributed by atoms with Gasteiger partial charge >= 0.3 is 12.0 Å². The molecule has 0 aliphatic rings. The van der Waals surface area contributed by atoms with Crippen molar-refractivity contribution in [2.45, 2.75) is 25.8 Å². The summed E-state index contributed by atoms with van der Waals surface area (Å²) in [5.74, 6) is -1.72. The van der Waals surface area contributed by atoms with Crippen molar-refractivity contribution in [1.29, 1.82) is 0 Å². The van der Waals surface area contributed by atoms with E-state index in [0.717, 1.165) is 0 Å². The number of carboxylic acids is 1. The van der Waals surface area contributed by atoms with E-state index in [9.17, 15) is 14.0 Å². The van der Waals surface area contributed by atoms with Gasteiger partial charge in [0.05, 0.1) is 5.69 Å². The molecule has 0 spiro atoms. The average Bonchev–Trinajstić information content (AvgIpc) is 2.33. The van der Waals surface area contributed by atoms with Crippen molar-refractivity contribution < 1.29 is 19.1 Å². The Morgan fingerprint density at radius 2 is 2.16 bits per heavy atom. The van der Waals surface area contributed by atoms with E-state index in [1.54, 1.807) is 0 Å². The van der Waals surface area contributed by atoms with Crippen LogP contribution >= 0.6 is 15.9 Å². The summed E-state index contributed by atoms with van der Waals surface area (Å²) in [5.41, 5.74) is -0.0208. The summed E-state index contributed by atoms with van der Waals surface area (Å²) in [6, 6.07) is 2.35. The molecule has 0 fully saturated rings. The Morgan fingerprint density at radius 1 is 1.47 bits per heavy atom. The summed E-state index contributed by atoms with van der Waals surface area (Å²) in [6.07, 6.45) is 0.923. The third-order valence-electron chi connectivity index (χ3n) is 2.36. The highest BCUT2D eigenvalue weighted by atomic mass is 79.9. The summed E-state index contributed by atoms with van der Waals surface area (Å²) in [7, 11) is 0. The van der Waals surface area contributed by atoms with Gasteiger partial charge in [0.2, 0.25) is 0 Å². The van der Waals surface area contributed by atoms with E-state index in [2.05, 4.69) is 26.6 Å². The third-order valence-corrected chi connectivity index (χ3v) is 2.85. The largest absolute Gasteiger partial charge is 0.480 e. The molecule has 0 saturated carbocycles. The molecule has 0 bridgehead atoms. The number of aliphatic carboxylic acids is 1. The van der Waals surface area contributed by atoms with Crippen molar-refractivity contribution in [1.82, 2.24) is 5.32 Å². The number of rotatable bonds is 5. The Balaban J connectivity index is 2.68. The predicted octanol–water partition coefficient (Wildman–Crippen LogP) is 2.96. The third kappa shape index (κ3) is 4.86. The van der Waals surface area contributed by atoms with Gasteiger partial charge in [0.1, 0.15) is 11.9 Å². The van der Waals surface area contributed by atoms with E-state index >= 15 is 0 Å². The highest BCUT2D eigenvalue weighted by molar-refractivity contribution is 9.10. The normalized spacial score (nSPS) is 11.7. The summed E-state index contributed by atoms with van der Waals surface area (Å²) < 4.78 is 14.0. The lowest BCUT2D eigenvalue weighted by Crippen LogP contribution is -2.43. The minimum Gasteiger partial charge on any atom is -0.480 e. The van der Waals surface area contributed by atoms with Crippen molar-refractivity contribution in [3.8, 4) is 0 Å². The Hall–Kier alpha value is -1.63. The van der Waals surface area contributed by atoms with Crippen LogP contribution in [-0.4, -0.2) is 23.1 Å². The van der Waals surface area contributed by atoms with Gasteiger partial charge in [-0.1, -0.05) is 29.3 Å². The fourth-order valence-corrected chi connectivity index (χ4v) is 1.82. The first-order valence-electron chi connectivity index (χ1n) is 5.69. The van der Waals surface area contributed by atoms with Gasteiger partial charge in [-0.2, -0.15) is 0 Å². The van der Waals surface area contributed by atoms with Gasteiger partial charge in [0.25, 0.3) is 0 Å². The summed E-state index contributed by atoms with van der Waals surface area (Å²) >= 11 is 3.15. The Kier molecular flexibility index (Phi) is 5.75. The molecule has 19 heavy (non-hydrogen) atoms. The van der Waals surface area contributed by atoms with E-state index in [-0.39, 0.29) is 5.69 Å². The fraction of sp³-hybridized carbons (Fsp3) is 0.333. The molecule has 1 atom stereocenters. The minimum absolute atomic E-state index is 0.0208. The lowest BCUT2D eigenvalue weighted by Gasteiger charge is -2.14. The molecule has 104 valence electrons. The van der Waals surface area contributed by atoms with Crippen LogP contribution in [0.1, 0.15) is 19.8 Å². The van der Waals surface area contributed by atoms with E-state index in [4.69, 9.17) is 5.11 Å². The van der Waals surface area contributed by atoms with Crippen LogP contribution in [0.15, 0.2) is 22.7 Å². The number of urea groups is 1. The first-order valence-corrected chi connectivity index (χ1v) is 6.48. The maximum Gasteiger partial charge on any atom is 0.326 e. The molecule has 1 unspecified atom stereocenters. The predicted molar refractivity (Wildman–Crippen MR) is 72.6 cm³/mol. The number of hydrogen-bond acceptors (Lipinski definition) is 2. The van der Waals surface area contributed by atoms with Crippen LogP contribution in [0.4, 0.5) is 14.9 Å². The molecule has 0 aliphatic carbocycles. The van der Waals surface area contributed by atoms with Crippen LogP contribution in [0.25, 0.3) is 0 Å². The van der Waals surface area contributed by atoms with E-state index in [1.807, 2.05) is 6.92 Å². The molecule has 2 amide bonds. The van der Waals surface area contributed by atoms with Gasteiger partial charge in [0.15, 0.2) is 0 Å². The van der Waals surface area contributed by atoms with E-state index in [1.165, 1.54) is 18.2 Å². The van der Waals surface area contributed by atoms with Crippen LogP contribution in [0, 0.1) is 5.82 Å². The van der Waals surface area contributed by atoms with Crippen LogP contribution in [-0.2, 0) is 4.79 Å². The number of carbonyl (C=O) groups excluding carboxylic acids is 1. The topological polar surface area (TPSA) is 78.4 Å². The number of benzene rings is 1. The number of hydrogen-bond donors (Lipinski definition) is 3. The first kappa shape index (κ1) is 15.4. The zero-order chi connectivity index (χ0) is 14.4. The van der Waals surface area contributed by atoms with Gasteiger partial charge in [-0.3, -0.25) is 0 Å². The summed E-state index contributed by atoms with van der Waals surface area (Å²) in [4.78, 5) is 22.5. The highest BCUT2D eigenvalue weighted by Gasteiger charge is 2.19. The molecule has 1 rings (SSSR count). The van der Waals surface area contributed by atoms with Crippen molar-refractivity contribution >= 4 is 33.6 Å². The smallest absolute Gasteiger partial charge is 0.326 e. The van der Waals surface area contributed by atoms with Crippen molar-refractivity contribution in [2.24, 2.45) is 0 Å². The van der Waals surface area contributed by atoms with Crippen molar-refractivity contribution in [3.05, 3.63) is 28.5 Å².